The Balaban J connectivity index is 1.43. The van der Waals surface area contributed by atoms with Gasteiger partial charge in [-0.15, -0.1) is 0 Å². The highest BCUT2D eigenvalue weighted by Gasteiger charge is 2.23. The summed E-state index contributed by atoms with van der Waals surface area (Å²) in [4.78, 5) is 17.8. The van der Waals surface area contributed by atoms with E-state index >= 15 is 0 Å². The number of piperidine rings is 1. The molecule has 0 unspecified atom stereocenters. The molecule has 1 fully saturated rings. The molecule has 0 aliphatic carbocycles. The molecular formula is C23H29FN4O3. The number of ether oxygens (including phenoxy) is 2. The van der Waals surface area contributed by atoms with Crippen molar-refractivity contribution in [3.8, 4) is 11.5 Å². The number of likely N-dealkylation sites (tertiary alicyclic amines) is 1. The molecule has 0 saturated carbocycles. The van der Waals surface area contributed by atoms with Crippen LogP contribution in [0.25, 0.3) is 0 Å². The Morgan fingerprint density at radius 2 is 1.97 bits per heavy atom. The number of nitrogens with one attached hydrogen (secondary N) is 1. The Morgan fingerprint density at radius 1 is 1.23 bits per heavy atom. The maximum atomic E-state index is 14.3. The van der Waals surface area contributed by atoms with E-state index < -0.39 is 5.82 Å². The van der Waals surface area contributed by atoms with Gasteiger partial charge in [0.2, 0.25) is 0 Å². The molecule has 0 atom stereocenters. The molecule has 3 rings (SSSR count). The van der Waals surface area contributed by atoms with Gasteiger partial charge in [0.1, 0.15) is 5.75 Å². The van der Waals surface area contributed by atoms with Crippen molar-refractivity contribution in [2.24, 2.45) is 10.7 Å². The van der Waals surface area contributed by atoms with Gasteiger partial charge in [0.25, 0.3) is 0 Å². The Bertz CT molecular complexity index is 884. The van der Waals surface area contributed by atoms with Crippen molar-refractivity contribution in [1.82, 2.24) is 10.2 Å². The molecule has 7 nitrogen and oxygen atoms in total. The summed E-state index contributed by atoms with van der Waals surface area (Å²) in [6.45, 7) is 3.87. The molecule has 1 aliphatic heterocycles. The third kappa shape index (κ3) is 6.87. The lowest BCUT2D eigenvalue weighted by Gasteiger charge is -2.31. The number of nitrogens with two attached hydrogens (primary N) is 1. The van der Waals surface area contributed by atoms with Crippen LogP contribution in [-0.2, 0) is 11.2 Å². The van der Waals surface area contributed by atoms with Gasteiger partial charge in [-0.25, -0.2) is 9.18 Å². The second kappa shape index (κ2) is 11.2. The van der Waals surface area contributed by atoms with Crippen molar-refractivity contribution in [2.45, 2.75) is 32.2 Å². The van der Waals surface area contributed by atoms with Crippen molar-refractivity contribution in [1.29, 1.82) is 0 Å². The van der Waals surface area contributed by atoms with Gasteiger partial charge in [-0.3, -0.25) is 4.99 Å². The molecule has 166 valence electrons. The molecule has 1 heterocycles. The van der Waals surface area contributed by atoms with Crippen LogP contribution in [-0.4, -0.2) is 49.2 Å². The molecule has 2 aromatic carbocycles. The predicted octanol–water partition coefficient (Wildman–Crippen LogP) is 3.69. The molecule has 31 heavy (non-hydrogen) atoms. The monoisotopic (exact) mass is 428 g/mol. The maximum Gasteiger partial charge on any atom is 0.409 e. The number of para-hydroxylation sites is 1. The number of hydrogen-bond acceptors (Lipinski definition) is 4. The summed E-state index contributed by atoms with van der Waals surface area (Å²) in [5.41, 5.74) is 6.81. The number of carbonyl (C=O) groups excluding carboxylic acids is 1. The number of nitrogens with zero attached hydrogens (tertiary/aromatic N) is 2. The van der Waals surface area contributed by atoms with E-state index in [1.165, 1.54) is 6.07 Å². The van der Waals surface area contributed by atoms with E-state index in [4.69, 9.17) is 15.2 Å². The Kier molecular flexibility index (Phi) is 8.09. The van der Waals surface area contributed by atoms with Gasteiger partial charge < -0.3 is 25.4 Å². The van der Waals surface area contributed by atoms with Gasteiger partial charge in [0.15, 0.2) is 17.5 Å². The summed E-state index contributed by atoms with van der Waals surface area (Å²) >= 11 is 0. The summed E-state index contributed by atoms with van der Waals surface area (Å²) in [5, 5.41) is 3.20. The van der Waals surface area contributed by atoms with Crippen LogP contribution in [0, 0.1) is 5.82 Å². The molecule has 1 aliphatic rings. The van der Waals surface area contributed by atoms with Crippen molar-refractivity contribution in [3.63, 3.8) is 0 Å². The van der Waals surface area contributed by atoms with Crippen molar-refractivity contribution in [2.75, 3.05) is 26.2 Å². The second-order valence-electron chi connectivity index (χ2n) is 7.30. The van der Waals surface area contributed by atoms with E-state index in [1.807, 2.05) is 24.3 Å². The normalized spacial score (nSPS) is 14.9. The van der Waals surface area contributed by atoms with Gasteiger partial charge in [0, 0.05) is 25.7 Å². The van der Waals surface area contributed by atoms with Crippen molar-refractivity contribution >= 4 is 12.1 Å². The third-order valence-electron chi connectivity index (χ3n) is 5.02. The number of aliphatic imine (C=N–C) groups is 1. The number of guanidine groups is 1. The Morgan fingerprint density at radius 3 is 2.65 bits per heavy atom. The lowest BCUT2D eigenvalue weighted by molar-refractivity contribution is 0.0963. The number of rotatable bonds is 7. The van der Waals surface area contributed by atoms with Gasteiger partial charge >= 0.3 is 6.09 Å². The quantitative estimate of drug-likeness (QED) is 0.519. The highest BCUT2D eigenvalue weighted by Crippen LogP contribution is 2.25. The van der Waals surface area contributed by atoms with Crippen molar-refractivity contribution in [3.05, 3.63) is 59.9 Å². The lowest BCUT2D eigenvalue weighted by atomic mass is 10.1. The van der Waals surface area contributed by atoms with E-state index in [1.54, 1.807) is 30.0 Å². The second-order valence-corrected chi connectivity index (χ2v) is 7.30. The first-order valence-corrected chi connectivity index (χ1v) is 10.5. The third-order valence-corrected chi connectivity index (χ3v) is 5.02. The zero-order valence-corrected chi connectivity index (χ0v) is 17.7. The zero-order chi connectivity index (χ0) is 22.1. The van der Waals surface area contributed by atoms with E-state index in [0.717, 1.165) is 18.4 Å². The molecule has 8 heteroatoms. The van der Waals surface area contributed by atoms with Gasteiger partial charge in [-0.05, 0) is 56.0 Å². The van der Waals surface area contributed by atoms with Gasteiger partial charge in [0.05, 0.1) is 6.61 Å². The average Bonchev–Trinajstić information content (AvgIpc) is 2.77. The van der Waals surface area contributed by atoms with Gasteiger partial charge in [-0.1, -0.05) is 24.3 Å². The smallest absolute Gasteiger partial charge is 0.409 e. The van der Waals surface area contributed by atoms with Crippen LogP contribution in [0.2, 0.25) is 0 Å². The molecule has 0 aromatic heterocycles. The number of carbonyl (C=O) groups is 1. The van der Waals surface area contributed by atoms with Crippen LogP contribution >= 0.6 is 0 Å². The van der Waals surface area contributed by atoms with Crippen LogP contribution in [0.5, 0.6) is 11.5 Å². The molecule has 1 saturated heterocycles. The Labute approximate surface area is 182 Å². The van der Waals surface area contributed by atoms with Crippen LogP contribution in [0.15, 0.2) is 53.5 Å². The molecule has 1 amide bonds. The topological polar surface area (TPSA) is 89.2 Å². The molecule has 0 bridgehead atoms. The van der Waals surface area contributed by atoms with Gasteiger partial charge in [-0.2, -0.15) is 0 Å². The van der Waals surface area contributed by atoms with Crippen LogP contribution in [0.3, 0.4) is 0 Å². The van der Waals surface area contributed by atoms with E-state index in [2.05, 4.69) is 10.3 Å². The summed E-state index contributed by atoms with van der Waals surface area (Å²) < 4.78 is 24.9. The minimum absolute atomic E-state index is 0.168. The molecular weight excluding hydrogens is 399 g/mol. The maximum absolute atomic E-state index is 14.3. The first kappa shape index (κ1) is 22.4. The highest BCUT2D eigenvalue weighted by molar-refractivity contribution is 5.78. The fourth-order valence-electron chi connectivity index (χ4n) is 3.38. The molecule has 0 radical (unpaired) electrons. The van der Waals surface area contributed by atoms with Crippen molar-refractivity contribution < 1.29 is 18.7 Å². The highest BCUT2D eigenvalue weighted by atomic mass is 19.1. The first-order valence-electron chi connectivity index (χ1n) is 10.5. The summed E-state index contributed by atoms with van der Waals surface area (Å²) in [5.74, 6) is 0.725. The largest absolute Gasteiger partial charge is 0.454 e. The molecule has 0 spiro atoms. The lowest BCUT2D eigenvalue weighted by Crippen LogP contribution is -2.48. The van der Waals surface area contributed by atoms with E-state index in [-0.39, 0.29) is 17.9 Å². The molecule has 2 aromatic rings. The molecule has 3 N–H and O–H groups in total. The Hall–Kier alpha value is -3.29. The van der Waals surface area contributed by atoms with E-state index in [9.17, 15) is 9.18 Å². The number of halogens is 1. The average molecular weight is 429 g/mol. The number of amides is 1. The minimum Gasteiger partial charge on any atom is -0.454 e. The van der Waals surface area contributed by atoms with Crippen LogP contribution in [0.4, 0.5) is 9.18 Å². The summed E-state index contributed by atoms with van der Waals surface area (Å²) in [7, 11) is 0. The van der Waals surface area contributed by atoms with Crippen LogP contribution < -0.4 is 15.8 Å². The van der Waals surface area contributed by atoms with Crippen LogP contribution in [0.1, 0.15) is 25.3 Å². The summed E-state index contributed by atoms with van der Waals surface area (Å²) in [6.07, 6.45) is 1.85. The SMILES string of the molecule is CCOC(=O)N1CCC(NC(N)=NCCc2ccc(Oc3ccccc3)c(F)c2)CC1. The fraction of sp³-hybridized carbons (Fsp3) is 0.391. The predicted molar refractivity (Wildman–Crippen MR) is 118 cm³/mol. The first-order chi connectivity index (χ1) is 15.0. The number of benzene rings is 2. The summed E-state index contributed by atoms with van der Waals surface area (Å²) in [6, 6.07) is 14.2. The zero-order valence-electron chi connectivity index (χ0n) is 17.7. The minimum atomic E-state index is -0.412. The standard InChI is InChI=1S/C23H29FN4O3/c1-2-30-23(29)28-14-11-18(12-15-28)27-22(25)26-13-10-17-8-9-21(20(24)16-17)31-19-6-4-3-5-7-19/h3-9,16,18H,2,10-15H2,1H3,(H3,25,26,27). The van der Waals surface area contributed by atoms with E-state index in [0.29, 0.717) is 44.4 Å². The fourth-order valence-corrected chi connectivity index (χ4v) is 3.38. The number of hydrogen-bond donors (Lipinski definition) is 2.